The van der Waals surface area contributed by atoms with E-state index in [1.165, 1.54) is 0 Å². The van der Waals surface area contributed by atoms with E-state index < -0.39 is 17.5 Å². The van der Waals surface area contributed by atoms with E-state index in [9.17, 15) is 14.7 Å². The maximum absolute atomic E-state index is 11.6. The van der Waals surface area contributed by atoms with Gasteiger partial charge in [0, 0.05) is 12.0 Å². The van der Waals surface area contributed by atoms with Crippen molar-refractivity contribution in [1.82, 2.24) is 4.90 Å². The van der Waals surface area contributed by atoms with Gasteiger partial charge in [-0.3, -0.25) is 4.90 Å². The fourth-order valence-corrected chi connectivity index (χ4v) is 2.36. The van der Waals surface area contributed by atoms with Gasteiger partial charge in [-0.05, 0) is 25.6 Å². The molecule has 1 unspecified atom stereocenters. The van der Waals surface area contributed by atoms with Crippen LogP contribution in [0.3, 0.4) is 0 Å². The van der Waals surface area contributed by atoms with Crippen LogP contribution in [0, 0.1) is 0 Å². The van der Waals surface area contributed by atoms with Crippen molar-refractivity contribution >= 4 is 11.9 Å². The zero-order valence-electron chi connectivity index (χ0n) is 10.9. The second-order valence-corrected chi connectivity index (χ2v) is 4.38. The van der Waals surface area contributed by atoms with Gasteiger partial charge in [0.15, 0.2) is 0 Å². The largest absolute Gasteiger partial charge is 0.480 e. The minimum atomic E-state index is -1.24. The van der Waals surface area contributed by atoms with Crippen LogP contribution in [0.1, 0.15) is 27.2 Å². The highest BCUT2D eigenvalue weighted by Gasteiger charge is 2.44. The molecule has 1 aliphatic carbocycles. The summed E-state index contributed by atoms with van der Waals surface area (Å²) in [5.41, 5.74) is -0.449. The van der Waals surface area contributed by atoms with Crippen molar-refractivity contribution in [2.75, 3.05) is 13.1 Å². The van der Waals surface area contributed by atoms with Gasteiger partial charge >= 0.3 is 11.9 Å². The number of allylic oxidation sites excluding steroid dienone is 2. The smallest absolute Gasteiger partial charge is 0.331 e. The first-order valence-electron chi connectivity index (χ1n) is 5.99. The molecule has 1 aliphatic rings. The Bertz CT molecular complexity index is 421. The third-order valence-corrected chi connectivity index (χ3v) is 3.49. The Hall–Kier alpha value is -1.62. The molecule has 0 saturated heterocycles. The maximum Gasteiger partial charge on any atom is 0.331 e. The highest BCUT2D eigenvalue weighted by molar-refractivity contribution is 5.92. The SMILES string of the molecule is CCN(CC)C1(C(=O)O)C=CC(C)=C(C(=O)O)C1. The van der Waals surface area contributed by atoms with Gasteiger partial charge in [0.05, 0.1) is 0 Å². The molecule has 0 aromatic rings. The van der Waals surface area contributed by atoms with Gasteiger partial charge in [0.2, 0.25) is 0 Å². The summed E-state index contributed by atoms with van der Waals surface area (Å²) in [5, 5.41) is 18.6. The van der Waals surface area contributed by atoms with E-state index in [2.05, 4.69) is 0 Å². The Balaban J connectivity index is 3.24. The van der Waals surface area contributed by atoms with E-state index >= 15 is 0 Å². The van der Waals surface area contributed by atoms with Crippen molar-refractivity contribution in [3.8, 4) is 0 Å². The number of carbonyl (C=O) groups is 2. The molecule has 0 spiro atoms. The quantitative estimate of drug-likeness (QED) is 0.776. The third kappa shape index (κ3) is 2.31. The Kier molecular flexibility index (Phi) is 4.29. The predicted octanol–water partition coefficient (Wildman–Crippen LogP) is 1.51. The van der Waals surface area contributed by atoms with Crippen molar-refractivity contribution in [3.05, 3.63) is 23.3 Å². The van der Waals surface area contributed by atoms with E-state index in [1.54, 1.807) is 24.0 Å². The van der Waals surface area contributed by atoms with E-state index in [1.807, 2.05) is 13.8 Å². The number of aliphatic carboxylic acids is 2. The monoisotopic (exact) mass is 253 g/mol. The molecular formula is C13H19NO4. The minimum Gasteiger partial charge on any atom is -0.480 e. The first-order valence-corrected chi connectivity index (χ1v) is 5.99. The van der Waals surface area contributed by atoms with Gasteiger partial charge in [-0.15, -0.1) is 0 Å². The average molecular weight is 253 g/mol. The fraction of sp³-hybridized carbons (Fsp3) is 0.538. The van der Waals surface area contributed by atoms with Crippen LogP contribution in [-0.2, 0) is 9.59 Å². The Labute approximate surface area is 106 Å². The summed E-state index contributed by atoms with van der Waals surface area (Å²) in [4.78, 5) is 24.5. The van der Waals surface area contributed by atoms with Crippen LogP contribution in [0.4, 0.5) is 0 Å². The summed E-state index contributed by atoms with van der Waals surface area (Å²) in [6, 6.07) is 0. The average Bonchev–Trinajstić information content (AvgIpc) is 2.32. The minimum absolute atomic E-state index is 0.00167. The molecule has 5 nitrogen and oxygen atoms in total. The van der Waals surface area contributed by atoms with Crippen LogP contribution in [-0.4, -0.2) is 45.7 Å². The zero-order chi connectivity index (χ0) is 13.9. The summed E-state index contributed by atoms with van der Waals surface area (Å²) >= 11 is 0. The lowest BCUT2D eigenvalue weighted by atomic mass is 9.82. The molecule has 1 rings (SSSR count). The number of nitrogens with zero attached hydrogens (tertiary/aromatic N) is 1. The molecule has 0 bridgehead atoms. The lowest BCUT2D eigenvalue weighted by Gasteiger charge is -2.39. The lowest BCUT2D eigenvalue weighted by molar-refractivity contribution is -0.148. The maximum atomic E-state index is 11.6. The van der Waals surface area contributed by atoms with Crippen LogP contribution in [0.5, 0.6) is 0 Å². The van der Waals surface area contributed by atoms with Crippen LogP contribution in [0.2, 0.25) is 0 Å². The molecule has 0 amide bonds. The topological polar surface area (TPSA) is 77.8 Å². The van der Waals surface area contributed by atoms with Gasteiger partial charge in [-0.1, -0.05) is 26.0 Å². The van der Waals surface area contributed by atoms with Crippen LogP contribution >= 0.6 is 0 Å². The normalized spacial score (nSPS) is 23.6. The summed E-state index contributed by atoms with van der Waals surface area (Å²) in [5.74, 6) is -2.05. The molecule has 0 aromatic heterocycles. The summed E-state index contributed by atoms with van der Waals surface area (Å²) in [6.07, 6.45) is 3.20. The zero-order valence-corrected chi connectivity index (χ0v) is 10.9. The second kappa shape index (κ2) is 5.35. The molecule has 1 atom stereocenters. The lowest BCUT2D eigenvalue weighted by Crippen LogP contribution is -2.54. The van der Waals surface area contributed by atoms with Gasteiger partial charge in [-0.25, -0.2) is 9.59 Å². The number of carboxylic acid groups (broad SMARTS) is 2. The van der Waals surface area contributed by atoms with Gasteiger partial charge in [-0.2, -0.15) is 0 Å². The number of hydrogen-bond donors (Lipinski definition) is 2. The third-order valence-electron chi connectivity index (χ3n) is 3.49. The summed E-state index contributed by atoms with van der Waals surface area (Å²) in [7, 11) is 0. The predicted molar refractivity (Wildman–Crippen MR) is 67.4 cm³/mol. The molecule has 2 N–H and O–H groups in total. The summed E-state index contributed by atoms with van der Waals surface area (Å²) < 4.78 is 0. The molecular weight excluding hydrogens is 234 g/mol. The van der Waals surface area contributed by atoms with E-state index in [0.717, 1.165) is 0 Å². The Morgan fingerprint density at radius 3 is 2.28 bits per heavy atom. The van der Waals surface area contributed by atoms with Crippen molar-refractivity contribution < 1.29 is 19.8 Å². The van der Waals surface area contributed by atoms with E-state index in [0.29, 0.717) is 18.7 Å². The van der Waals surface area contributed by atoms with Gasteiger partial charge in [0.1, 0.15) is 5.54 Å². The molecule has 0 heterocycles. The first-order chi connectivity index (χ1) is 8.39. The molecule has 18 heavy (non-hydrogen) atoms. The number of carboxylic acids is 2. The van der Waals surface area contributed by atoms with Crippen LogP contribution in [0.25, 0.3) is 0 Å². The molecule has 5 heteroatoms. The van der Waals surface area contributed by atoms with Crippen molar-refractivity contribution in [2.24, 2.45) is 0 Å². The van der Waals surface area contributed by atoms with Crippen molar-refractivity contribution in [2.45, 2.75) is 32.7 Å². The molecule has 100 valence electrons. The van der Waals surface area contributed by atoms with Crippen LogP contribution in [0.15, 0.2) is 23.3 Å². The van der Waals surface area contributed by atoms with E-state index in [-0.39, 0.29) is 12.0 Å². The van der Waals surface area contributed by atoms with Crippen LogP contribution < -0.4 is 0 Å². The molecule has 0 fully saturated rings. The fourth-order valence-electron chi connectivity index (χ4n) is 2.36. The highest BCUT2D eigenvalue weighted by atomic mass is 16.4. The molecule has 0 aromatic carbocycles. The van der Waals surface area contributed by atoms with Gasteiger partial charge in [0.25, 0.3) is 0 Å². The van der Waals surface area contributed by atoms with Gasteiger partial charge < -0.3 is 10.2 Å². The summed E-state index contributed by atoms with van der Waals surface area (Å²) in [6.45, 7) is 6.54. The molecule has 0 aliphatic heterocycles. The second-order valence-electron chi connectivity index (χ2n) is 4.38. The standard InChI is InChI=1S/C13H19NO4/c1-4-14(5-2)13(12(17)18)7-6-9(3)10(8-13)11(15)16/h6-7H,4-5,8H2,1-3H3,(H,15,16)(H,17,18). The van der Waals surface area contributed by atoms with Crippen molar-refractivity contribution in [3.63, 3.8) is 0 Å². The Morgan fingerprint density at radius 2 is 1.89 bits per heavy atom. The van der Waals surface area contributed by atoms with Crippen molar-refractivity contribution in [1.29, 1.82) is 0 Å². The molecule has 0 saturated carbocycles. The number of hydrogen-bond acceptors (Lipinski definition) is 3. The highest BCUT2D eigenvalue weighted by Crippen LogP contribution is 2.32. The van der Waals surface area contributed by atoms with E-state index in [4.69, 9.17) is 5.11 Å². The Morgan fingerprint density at radius 1 is 1.33 bits per heavy atom. The molecule has 0 radical (unpaired) electrons. The number of rotatable bonds is 5. The first kappa shape index (κ1) is 14.4. The number of likely N-dealkylation sites (N-methyl/N-ethyl adjacent to an activating group) is 1.